The molecule has 2 aromatic rings. The lowest BCUT2D eigenvalue weighted by molar-refractivity contribution is -0.136. The number of furan rings is 1. The minimum absolute atomic E-state index is 0.110. The van der Waals surface area contributed by atoms with Crippen molar-refractivity contribution in [2.45, 2.75) is 12.8 Å². The van der Waals surface area contributed by atoms with Gasteiger partial charge < -0.3 is 14.6 Å². The van der Waals surface area contributed by atoms with E-state index in [9.17, 15) is 14.7 Å². The number of phenols is 1. The van der Waals surface area contributed by atoms with E-state index in [1.165, 1.54) is 18.6 Å². The monoisotopic (exact) mass is 260 g/mol. The van der Waals surface area contributed by atoms with Crippen LogP contribution in [0.4, 0.5) is 0 Å². The summed E-state index contributed by atoms with van der Waals surface area (Å²) in [6.07, 6.45) is 3.61. The lowest BCUT2D eigenvalue weighted by Crippen LogP contribution is -1.99. The topological polar surface area (TPSA) is 87.7 Å². The summed E-state index contributed by atoms with van der Waals surface area (Å²) >= 11 is 0. The van der Waals surface area contributed by atoms with Crippen molar-refractivity contribution < 1.29 is 24.2 Å². The van der Waals surface area contributed by atoms with Crippen LogP contribution in [-0.2, 0) is 11.2 Å². The predicted molar refractivity (Wildman–Crippen MR) is 67.2 cm³/mol. The maximum atomic E-state index is 10.9. The third kappa shape index (κ3) is 2.82. The Morgan fingerprint density at radius 3 is 2.68 bits per heavy atom. The van der Waals surface area contributed by atoms with E-state index in [4.69, 9.17) is 9.52 Å². The number of aldehydes is 1. The molecule has 0 spiro atoms. The van der Waals surface area contributed by atoms with Crippen LogP contribution in [0.1, 0.15) is 22.3 Å². The standard InChI is InChI=1S/C14H12O5/c15-7-12-6-11(10-3-4-19-8-10)5-9(14(12)18)1-2-13(16)17/h3-8,18H,1-2H2,(H,16,17). The number of carbonyl (C=O) groups is 2. The van der Waals surface area contributed by atoms with Crippen LogP contribution in [0, 0.1) is 0 Å². The Morgan fingerprint density at radius 1 is 1.32 bits per heavy atom. The van der Waals surface area contributed by atoms with E-state index in [0.29, 0.717) is 17.4 Å². The Hall–Kier alpha value is -2.56. The van der Waals surface area contributed by atoms with E-state index in [1.54, 1.807) is 12.1 Å². The Bertz CT molecular complexity index is 599. The van der Waals surface area contributed by atoms with Crippen LogP contribution in [0.3, 0.4) is 0 Å². The van der Waals surface area contributed by atoms with Crippen LogP contribution in [0.2, 0.25) is 0 Å². The predicted octanol–water partition coefficient (Wildman–Crippen LogP) is 2.48. The normalized spacial score (nSPS) is 10.3. The molecule has 0 amide bonds. The average molecular weight is 260 g/mol. The zero-order chi connectivity index (χ0) is 13.8. The maximum Gasteiger partial charge on any atom is 0.303 e. The molecular formula is C14H12O5. The fourth-order valence-electron chi connectivity index (χ4n) is 1.84. The number of aryl methyl sites for hydroxylation is 1. The van der Waals surface area contributed by atoms with E-state index in [2.05, 4.69) is 0 Å². The highest BCUT2D eigenvalue weighted by Gasteiger charge is 2.12. The van der Waals surface area contributed by atoms with Gasteiger partial charge in [-0.15, -0.1) is 0 Å². The van der Waals surface area contributed by atoms with Gasteiger partial charge in [0.25, 0.3) is 0 Å². The number of hydrogen-bond donors (Lipinski definition) is 2. The van der Waals surface area contributed by atoms with Crippen molar-refractivity contribution in [1.29, 1.82) is 0 Å². The van der Waals surface area contributed by atoms with Gasteiger partial charge in [0, 0.05) is 12.0 Å². The first kappa shape index (κ1) is 12.9. The molecule has 0 aliphatic rings. The second-order valence-corrected chi connectivity index (χ2v) is 4.10. The van der Waals surface area contributed by atoms with Gasteiger partial charge in [0.15, 0.2) is 6.29 Å². The molecular weight excluding hydrogens is 248 g/mol. The molecule has 0 aliphatic carbocycles. The molecule has 2 rings (SSSR count). The number of aromatic hydroxyl groups is 1. The van der Waals surface area contributed by atoms with Gasteiger partial charge in [-0.3, -0.25) is 9.59 Å². The summed E-state index contributed by atoms with van der Waals surface area (Å²) in [5.74, 6) is -1.12. The highest BCUT2D eigenvalue weighted by Crippen LogP contribution is 2.30. The quantitative estimate of drug-likeness (QED) is 0.806. The second kappa shape index (κ2) is 5.39. The summed E-state index contributed by atoms with van der Waals surface area (Å²) in [4.78, 5) is 21.5. The Labute approximate surface area is 109 Å². The zero-order valence-electron chi connectivity index (χ0n) is 10.00. The molecule has 0 bridgehead atoms. The van der Waals surface area contributed by atoms with Gasteiger partial charge in [0.1, 0.15) is 5.75 Å². The SMILES string of the molecule is O=Cc1cc(-c2ccoc2)cc(CCC(=O)O)c1O. The van der Waals surface area contributed by atoms with Crippen molar-refractivity contribution in [3.8, 4) is 16.9 Å². The van der Waals surface area contributed by atoms with Gasteiger partial charge in [-0.1, -0.05) is 0 Å². The first-order chi connectivity index (χ1) is 9.11. The number of carboxylic acids is 1. The molecule has 19 heavy (non-hydrogen) atoms. The first-order valence-corrected chi connectivity index (χ1v) is 5.67. The van der Waals surface area contributed by atoms with E-state index in [-0.39, 0.29) is 24.2 Å². The summed E-state index contributed by atoms with van der Waals surface area (Å²) in [6.45, 7) is 0. The van der Waals surface area contributed by atoms with Gasteiger partial charge in [0.2, 0.25) is 0 Å². The number of rotatable bonds is 5. The molecule has 0 aliphatic heterocycles. The largest absolute Gasteiger partial charge is 0.507 e. The summed E-state index contributed by atoms with van der Waals surface area (Å²) in [5, 5.41) is 18.6. The van der Waals surface area contributed by atoms with Crippen molar-refractivity contribution in [3.05, 3.63) is 41.9 Å². The van der Waals surface area contributed by atoms with Crippen LogP contribution in [0.25, 0.3) is 11.1 Å². The highest BCUT2D eigenvalue weighted by molar-refractivity contribution is 5.84. The molecule has 0 fully saturated rings. The summed E-state index contributed by atoms with van der Waals surface area (Å²) < 4.78 is 4.97. The number of carbonyl (C=O) groups excluding carboxylic acids is 1. The minimum Gasteiger partial charge on any atom is -0.507 e. The van der Waals surface area contributed by atoms with Gasteiger partial charge in [-0.2, -0.15) is 0 Å². The van der Waals surface area contributed by atoms with Crippen molar-refractivity contribution >= 4 is 12.3 Å². The van der Waals surface area contributed by atoms with E-state index in [0.717, 1.165) is 5.56 Å². The van der Waals surface area contributed by atoms with Gasteiger partial charge in [-0.05, 0) is 35.7 Å². The van der Waals surface area contributed by atoms with Crippen molar-refractivity contribution in [2.75, 3.05) is 0 Å². The molecule has 0 saturated heterocycles. The van der Waals surface area contributed by atoms with Crippen LogP contribution in [0.15, 0.2) is 35.1 Å². The Morgan fingerprint density at radius 2 is 2.11 bits per heavy atom. The van der Waals surface area contributed by atoms with Crippen molar-refractivity contribution in [1.82, 2.24) is 0 Å². The number of hydrogen-bond acceptors (Lipinski definition) is 4. The maximum absolute atomic E-state index is 10.9. The highest BCUT2D eigenvalue weighted by atomic mass is 16.4. The smallest absolute Gasteiger partial charge is 0.303 e. The van der Waals surface area contributed by atoms with Crippen LogP contribution < -0.4 is 0 Å². The van der Waals surface area contributed by atoms with E-state index < -0.39 is 5.97 Å². The summed E-state index contributed by atoms with van der Waals surface area (Å²) in [6, 6.07) is 4.93. The Balaban J connectivity index is 2.44. The molecule has 0 radical (unpaired) electrons. The fraction of sp³-hybridized carbons (Fsp3) is 0.143. The van der Waals surface area contributed by atoms with E-state index in [1.807, 2.05) is 0 Å². The third-order valence-electron chi connectivity index (χ3n) is 2.81. The average Bonchev–Trinajstić information content (AvgIpc) is 2.91. The van der Waals surface area contributed by atoms with Gasteiger partial charge in [-0.25, -0.2) is 0 Å². The summed E-state index contributed by atoms with van der Waals surface area (Å²) in [5.41, 5.74) is 2.04. The lowest BCUT2D eigenvalue weighted by atomic mass is 9.98. The number of carboxylic acid groups (broad SMARTS) is 1. The van der Waals surface area contributed by atoms with Crippen molar-refractivity contribution in [2.24, 2.45) is 0 Å². The first-order valence-electron chi connectivity index (χ1n) is 5.67. The van der Waals surface area contributed by atoms with Crippen LogP contribution >= 0.6 is 0 Å². The van der Waals surface area contributed by atoms with Crippen molar-refractivity contribution in [3.63, 3.8) is 0 Å². The van der Waals surface area contributed by atoms with Gasteiger partial charge >= 0.3 is 5.97 Å². The fourth-order valence-corrected chi connectivity index (χ4v) is 1.84. The van der Waals surface area contributed by atoms with E-state index >= 15 is 0 Å². The van der Waals surface area contributed by atoms with Crippen LogP contribution in [0.5, 0.6) is 5.75 Å². The molecule has 1 heterocycles. The molecule has 5 nitrogen and oxygen atoms in total. The molecule has 1 aromatic carbocycles. The van der Waals surface area contributed by atoms with Crippen LogP contribution in [-0.4, -0.2) is 22.5 Å². The number of aliphatic carboxylic acids is 1. The van der Waals surface area contributed by atoms with Gasteiger partial charge in [0.05, 0.1) is 18.1 Å². The third-order valence-corrected chi connectivity index (χ3v) is 2.81. The lowest BCUT2D eigenvalue weighted by Gasteiger charge is -2.08. The molecule has 0 atom stereocenters. The molecule has 0 saturated carbocycles. The molecule has 1 aromatic heterocycles. The number of benzene rings is 1. The zero-order valence-corrected chi connectivity index (χ0v) is 10.00. The Kier molecular flexibility index (Phi) is 3.66. The molecule has 2 N–H and O–H groups in total. The molecule has 98 valence electrons. The molecule has 0 unspecified atom stereocenters. The molecule has 5 heteroatoms. The minimum atomic E-state index is -0.958. The number of phenolic OH excluding ortho intramolecular Hbond substituents is 1. The summed E-state index contributed by atoms with van der Waals surface area (Å²) in [7, 11) is 0. The second-order valence-electron chi connectivity index (χ2n) is 4.10.